The standard InChI is InChI=1S/C22H27FN2OS/c1-16(26)25-13-20(22(14-25)19-8-11-27-15-19)12-24-9-6-18(7-10-24)17-2-4-21(23)5-3-17/h2-5,8,11,15,18,20,22H,6-7,9-10,12-14H2,1H3/t20?,22-/m0/s1. The van der Waals surface area contributed by atoms with Gasteiger partial charge in [-0.25, -0.2) is 4.39 Å². The minimum Gasteiger partial charge on any atom is -0.342 e. The van der Waals surface area contributed by atoms with Gasteiger partial charge < -0.3 is 9.80 Å². The molecule has 1 aromatic heterocycles. The number of hydrogen-bond donors (Lipinski definition) is 0. The summed E-state index contributed by atoms with van der Waals surface area (Å²) in [6, 6.07) is 9.23. The molecule has 144 valence electrons. The predicted molar refractivity (Wildman–Crippen MR) is 108 cm³/mol. The number of benzene rings is 1. The van der Waals surface area contributed by atoms with E-state index in [9.17, 15) is 9.18 Å². The van der Waals surface area contributed by atoms with Crippen LogP contribution in [0.5, 0.6) is 0 Å². The summed E-state index contributed by atoms with van der Waals surface area (Å²) < 4.78 is 13.1. The third-order valence-corrected chi connectivity index (χ3v) is 6.98. The Morgan fingerprint density at radius 2 is 1.85 bits per heavy atom. The van der Waals surface area contributed by atoms with Crippen LogP contribution in [0.3, 0.4) is 0 Å². The SMILES string of the molecule is CC(=O)N1CC(CN2CCC(c3ccc(F)cc3)CC2)[C@H](c2ccsc2)C1. The van der Waals surface area contributed by atoms with Crippen LogP contribution in [0, 0.1) is 11.7 Å². The first kappa shape index (κ1) is 18.6. The Morgan fingerprint density at radius 1 is 1.11 bits per heavy atom. The highest BCUT2D eigenvalue weighted by molar-refractivity contribution is 7.08. The van der Waals surface area contributed by atoms with Crippen molar-refractivity contribution in [3.05, 3.63) is 58.0 Å². The summed E-state index contributed by atoms with van der Waals surface area (Å²) in [7, 11) is 0. The van der Waals surface area contributed by atoms with Crippen molar-refractivity contribution in [2.75, 3.05) is 32.7 Å². The second kappa shape index (κ2) is 8.11. The lowest BCUT2D eigenvalue weighted by atomic mass is 9.87. The predicted octanol–water partition coefficient (Wildman–Crippen LogP) is 4.33. The van der Waals surface area contributed by atoms with E-state index in [2.05, 4.69) is 21.7 Å². The van der Waals surface area contributed by atoms with E-state index in [1.165, 1.54) is 11.1 Å². The van der Waals surface area contributed by atoms with Gasteiger partial charge >= 0.3 is 0 Å². The number of rotatable bonds is 4. The summed E-state index contributed by atoms with van der Waals surface area (Å²) >= 11 is 1.74. The van der Waals surface area contributed by atoms with Gasteiger partial charge in [-0.05, 0) is 77.9 Å². The molecule has 0 N–H and O–H groups in total. The molecule has 2 aromatic rings. The maximum Gasteiger partial charge on any atom is 0.219 e. The fraction of sp³-hybridized carbons (Fsp3) is 0.500. The molecule has 1 amide bonds. The van der Waals surface area contributed by atoms with Crippen LogP contribution in [0.15, 0.2) is 41.1 Å². The smallest absolute Gasteiger partial charge is 0.219 e. The highest BCUT2D eigenvalue weighted by Crippen LogP contribution is 2.36. The first-order valence-corrected chi connectivity index (χ1v) is 10.8. The monoisotopic (exact) mass is 386 g/mol. The number of carbonyl (C=O) groups is 1. The molecule has 1 aromatic carbocycles. The second-order valence-corrected chi connectivity index (χ2v) is 8.75. The molecule has 3 nitrogen and oxygen atoms in total. The lowest BCUT2D eigenvalue weighted by Crippen LogP contribution is -2.38. The summed E-state index contributed by atoms with van der Waals surface area (Å²) in [4.78, 5) is 16.5. The summed E-state index contributed by atoms with van der Waals surface area (Å²) in [6.07, 6.45) is 2.25. The Labute approximate surface area is 164 Å². The lowest BCUT2D eigenvalue weighted by Gasteiger charge is -2.34. The number of nitrogens with zero attached hydrogens (tertiary/aromatic N) is 2. The average molecular weight is 387 g/mol. The number of thiophene rings is 1. The van der Waals surface area contributed by atoms with E-state index >= 15 is 0 Å². The number of piperidine rings is 1. The minimum absolute atomic E-state index is 0.160. The van der Waals surface area contributed by atoms with Crippen molar-refractivity contribution in [3.63, 3.8) is 0 Å². The summed E-state index contributed by atoms with van der Waals surface area (Å²) in [5.41, 5.74) is 2.64. The normalized spacial score (nSPS) is 24.4. The first-order chi connectivity index (χ1) is 13.1. The van der Waals surface area contributed by atoms with Crippen LogP contribution in [0.25, 0.3) is 0 Å². The van der Waals surface area contributed by atoms with Crippen LogP contribution in [0.2, 0.25) is 0 Å². The van der Waals surface area contributed by atoms with Gasteiger partial charge in [-0.2, -0.15) is 11.3 Å². The number of hydrogen-bond acceptors (Lipinski definition) is 3. The Kier molecular flexibility index (Phi) is 5.60. The molecule has 0 spiro atoms. The average Bonchev–Trinajstić information content (AvgIpc) is 3.33. The molecule has 3 heterocycles. The second-order valence-electron chi connectivity index (χ2n) is 7.97. The Bertz CT molecular complexity index is 753. The largest absolute Gasteiger partial charge is 0.342 e. The highest BCUT2D eigenvalue weighted by Gasteiger charge is 2.36. The number of carbonyl (C=O) groups excluding carboxylic acids is 1. The van der Waals surface area contributed by atoms with Gasteiger partial charge in [0.2, 0.25) is 5.91 Å². The van der Waals surface area contributed by atoms with Crippen molar-refractivity contribution in [2.45, 2.75) is 31.6 Å². The summed E-state index contributed by atoms with van der Waals surface area (Å²) in [5.74, 6) is 1.52. The van der Waals surface area contributed by atoms with E-state index in [0.717, 1.165) is 45.6 Å². The molecule has 27 heavy (non-hydrogen) atoms. The van der Waals surface area contributed by atoms with Crippen LogP contribution >= 0.6 is 11.3 Å². The van der Waals surface area contributed by atoms with Crippen molar-refractivity contribution in [1.82, 2.24) is 9.80 Å². The van der Waals surface area contributed by atoms with Gasteiger partial charge in [-0.3, -0.25) is 4.79 Å². The quantitative estimate of drug-likeness (QED) is 0.781. The summed E-state index contributed by atoms with van der Waals surface area (Å²) in [6.45, 7) is 6.61. The van der Waals surface area contributed by atoms with Crippen molar-refractivity contribution in [3.8, 4) is 0 Å². The molecule has 0 bridgehead atoms. The molecular weight excluding hydrogens is 359 g/mol. The van der Waals surface area contributed by atoms with E-state index in [1.54, 1.807) is 30.4 Å². The van der Waals surface area contributed by atoms with Gasteiger partial charge in [0.15, 0.2) is 0 Å². The maximum atomic E-state index is 13.1. The molecule has 2 aliphatic rings. The van der Waals surface area contributed by atoms with Crippen LogP contribution in [0.1, 0.15) is 42.7 Å². The maximum absolute atomic E-state index is 13.1. The van der Waals surface area contributed by atoms with Crippen molar-refractivity contribution >= 4 is 17.2 Å². The molecule has 5 heteroatoms. The van der Waals surface area contributed by atoms with E-state index in [0.29, 0.717) is 17.8 Å². The van der Waals surface area contributed by atoms with Crippen LogP contribution in [-0.2, 0) is 4.79 Å². The van der Waals surface area contributed by atoms with Gasteiger partial charge in [0, 0.05) is 32.5 Å². The van der Waals surface area contributed by atoms with Crippen LogP contribution in [0.4, 0.5) is 4.39 Å². The van der Waals surface area contributed by atoms with Gasteiger partial charge in [-0.15, -0.1) is 0 Å². The van der Waals surface area contributed by atoms with E-state index in [4.69, 9.17) is 0 Å². The van der Waals surface area contributed by atoms with E-state index in [-0.39, 0.29) is 11.7 Å². The third-order valence-electron chi connectivity index (χ3n) is 6.28. The molecule has 2 aliphatic heterocycles. The first-order valence-electron chi connectivity index (χ1n) is 9.85. The van der Waals surface area contributed by atoms with Crippen molar-refractivity contribution in [1.29, 1.82) is 0 Å². The van der Waals surface area contributed by atoms with Crippen molar-refractivity contribution in [2.24, 2.45) is 5.92 Å². The van der Waals surface area contributed by atoms with Gasteiger partial charge in [0.25, 0.3) is 0 Å². The molecule has 0 radical (unpaired) electrons. The Morgan fingerprint density at radius 3 is 2.48 bits per heavy atom. The minimum atomic E-state index is -0.160. The van der Waals surface area contributed by atoms with Gasteiger partial charge in [-0.1, -0.05) is 12.1 Å². The van der Waals surface area contributed by atoms with Crippen LogP contribution in [-0.4, -0.2) is 48.4 Å². The number of halogens is 1. The van der Waals surface area contributed by atoms with E-state index < -0.39 is 0 Å². The lowest BCUT2D eigenvalue weighted by molar-refractivity contribution is -0.127. The Balaban J connectivity index is 1.37. The molecule has 4 rings (SSSR count). The van der Waals surface area contributed by atoms with E-state index in [1.807, 2.05) is 17.0 Å². The van der Waals surface area contributed by atoms with Crippen molar-refractivity contribution < 1.29 is 9.18 Å². The molecule has 2 atom stereocenters. The highest BCUT2D eigenvalue weighted by atomic mass is 32.1. The molecule has 0 saturated carbocycles. The number of likely N-dealkylation sites (tertiary alicyclic amines) is 2. The molecule has 1 unspecified atom stereocenters. The van der Waals surface area contributed by atoms with Crippen LogP contribution < -0.4 is 0 Å². The fourth-order valence-corrected chi connectivity index (χ4v) is 5.42. The zero-order valence-electron chi connectivity index (χ0n) is 15.8. The number of amides is 1. The topological polar surface area (TPSA) is 23.6 Å². The zero-order chi connectivity index (χ0) is 18.8. The summed E-state index contributed by atoms with van der Waals surface area (Å²) in [5, 5.41) is 4.37. The molecule has 0 aliphatic carbocycles. The molecular formula is C22H27FN2OS. The van der Waals surface area contributed by atoms with Gasteiger partial charge in [0.1, 0.15) is 5.82 Å². The Hall–Kier alpha value is -1.72. The van der Waals surface area contributed by atoms with Gasteiger partial charge in [0.05, 0.1) is 0 Å². The zero-order valence-corrected chi connectivity index (χ0v) is 16.6. The fourth-order valence-electron chi connectivity index (χ4n) is 4.69. The molecule has 2 saturated heterocycles. The molecule has 2 fully saturated rings. The third kappa shape index (κ3) is 4.25.